The second kappa shape index (κ2) is 7.61. The molecule has 0 saturated carbocycles. The average Bonchev–Trinajstić information content (AvgIpc) is 2.67. The van der Waals surface area contributed by atoms with Crippen LogP contribution in [0.15, 0.2) is 36.4 Å². The van der Waals surface area contributed by atoms with Crippen molar-refractivity contribution < 1.29 is 4.79 Å². The summed E-state index contributed by atoms with van der Waals surface area (Å²) in [6, 6.07) is 10.2. The predicted octanol–water partition coefficient (Wildman–Crippen LogP) is 3.00. The predicted molar refractivity (Wildman–Crippen MR) is 108 cm³/mol. The first-order valence-corrected chi connectivity index (χ1v) is 9.67. The Morgan fingerprint density at radius 3 is 2.52 bits per heavy atom. The molecule has 2 aromatic rings. The number of likely N-dealkylation sites (N-methyl/N-ethyl adjacent to an activating group) is 1. The maximum Gasteiger partial charge on any atom is 0.225 e. The number of aryl methyl sites for hydroxylation is 1. The van der Waals surface area contributed by atoms with E-state index in [0.29, 0.717) is 6.42 Å². The molecule has 1 aromatic heterocycles. The number of hydrogen-bond donors (Lipinski definition) is 0. The fraction of sp³-hybridized carbons (Fsp3) is 0.409. The number of carbonyl (C=O) groups excluding carboxylic acids is 1. The van der Waals surface area contributed by atoms with Crippen LogP contribution in [-0.4, -0.2) is 53.9 Å². The molecular weight excluding hydrogens is 336 g/mol. The first kappa shape index (κ1) is 17.9. The van der Waals surface area contributed by atoms with Crippen molar-refractivity contribution in [2.24, 2.45) is 5.92 Å². The van der Waals surface area contributed by atoms with Crippen molar-refractivity contribution in [2.75, 3.05) is 38.1 Å². The quantitative estimate of drug-likeness (QED) is 0.840. The van der Waals surface area contributed by atoms with E-state index in [-0.39, 0.29) is 11.7 Å². The summed E-state index contributed by atoms with van der Waals surface area (Å²) in [5, 5.41) is 0. The van der Waals surface area contributed by atoms with Crippen molar-refractivity contribution in [3.8, 4) is 0 Å². The SMILES string of the molecule is Cc1nc(N2CCN(C)CC2)nc2c1C(=O)CC(/C=C/c1ccccc1)C2. The minimum atomic E-state index is 0.168. The molecule has 27 heavy (non-hydrogen) atoms. The summed E-state index contributed by atoms with van der Waals surface area (Å²) in [7, 11) is 2.14. The molecule has 1 aromatic carbocycles. The van der Waals surface area contributed by atoms with Gasteiger partial charge in [0.2, 0.25) is 5.95 Å². The lowest BCUT2D eigenvalue weighted by atomic mass is 9.85. The summed E-state index contributed by atoms with van der Waals surface area (Å²) in [5.74, 6) is 1.14. The van der Waals surface area contributed by atoms with Crippen molar-refractivity contribution in [1.82, 2.24) is 14.9 Å². The third-order valence-corrected chi connectivity index (χ3v) is 5.48. The first-order chi connectivity index (χ1) is 13.1. The van der Waals surface area contributed by atoms with Gasteiger partial charge < -0.3 is 9.80 Å². The Balaban J connectivity index is 1.57. The fourth-order valence-electron chi connectivity index (χ4n) is 3.88. The molecule has 0 radical (unpaired) electrons. The summed E-state index contributed by atoms with van der Waals surface area (Å²) in [6.45, 7) is 5.83. The number of rotatable bonds is 3. The van der Waals surface area contributed by atoms with Crippen LogP contribution in [0.2, 0.25) is 0 Å². The van der Waals surface area contributed by atoms with Crippen LogP contribution >= 0.6 is 0 Å². The number of aromatic nitrogens is 2. The second-order valence-corrected chi connectivity index (χ2v) is 7.58. The molecule has 4 rings (SSSR count). The smallest absolute Gasteiger partial charge is 0.225 e. The van der Waals surface area contributed by atoms with E-state index in [4.69, 9.17) is 4.98 Å². The van der Waals surface area contributed by atoms with Crippen LogP contribution in [0.4, 0.5) is 5.95 Å². The van der Waals surface area contributed by atoms with E-state index < -0.39 is 0 Å². The van der Waals surface area contributed by atoms with Gasteiger partial charge in [-0.2, -0.15) is 0 Å². The number of benzene rings is 1. The van der Waals surface area contributed by atoms with Crippen LogP contribution < -0.4 is 4.90 Å². The third-order valence-electron chi connectivity index (χ3n) is 5.48. The van der Waals surface area contributed by atoms with Crippen molar-refractivity contribution in [1.29, 1.82) is 0 Å². The molecule has 140 valence electrons. The molecular formula is C22H26N4O. The topological polar surface area (TPSA) is 49.3 Å². The van der Waals surface area contributed by atoms with E-state index in [1.54, 1.807) is 0 Å². The highest BCUT2D eigenvalue weighted by Crippen LogP contribution is 2.29. The van der Waals surface area contributed by atoms with Crippen LogP contribution in [0.3, 0.4) is 0 Å². The number of piperazine rings is 1. The van der Waals surface area contributed by atoms with Gasteiger partial charge in [-0.15, -0.1) is 0 Å². The monoisotopic (exact) mass is 362 g/mol. The van der Waals surface area contributed by atoms with E-state index in [2.05, 4.69) is 46.1 Å². The van der Waals surface area contributed by atoms with Gasteiger partial charge in [-0.1, -0.05) is 42.5 Å². The largest absolute Gasteiger partial charge is 0.338 e. The molecule has 1 unspecified atom stereocenters. The van der Waals surface area contributed by atoms with Crippen LogP contribution in [0.5, 0.6) is 0 Å². The summed E-state index contributed by atoms with van der Waals surface area (Å²) >= 11 is 0. The van der Waals surface area contributed by atoms with Gasteiger partial charge in [-0.25, -0.2) is 9.97 Å². The second-order valence-electron chi connectivity index (χ2n) is 7.58. The summed E-state index contributed by atoms with van der Waals surface area (Å²) in [6.07, 6.45) is 5.60. The lowest BCUT2D eigenvalue weighted by Gasteiger charge is -2.33. The first-order valence-electron chi connectivity index (χ1n) is 9.67. The molecule has 5 heteroatoms. The zero-order valence-electron chi connectivity index (χ0n) is 16.1. The van der Waals surface area contributed by atoms with Gasteiger partial charge >= 0.3 is 0 Å². The van der Waals surface area contributed by atoms with Crippen LogP contribution in [0.1, 0.15) is 33.7 Å². The summed E-state index contributed by atoms with van der Waals surface area (Å²) in [5.41, 5.74) is 3.64. The Kier molecular flexibility index (Phi) is 5.03. The molecule has 0 bridgehead atoms. The summed E-state index contributed by atoms with van der Waals surface area (Å²) in [4.78, 5) is 26.8. The van der Waals surface area contributed by atoms with Gasteiger partial charge in [-0.3, -0.25) is 4.79 Å². The molecule has 1 aliphatic carbocycles. The highest BCUT2D eigenvalue weighted by molar-refractivity contribution is 5.99. The van der Waals surface area contributed by atoms with Gasteiger partial charge in [0, 0.05) is 32.6 Å². The fourth-order valence-corrected chi connectivity index (χ4v) is 3.88. The Morgan fingerprint density at radius 2 is 1.78 bits per heavy atom. The van der Waals surface area contributed by atoms with Crippen LogP contribution in [0.25, 0.3) is 6.08 Å². The van der Waals surface area contributed by atoms with E-state index in [1.165, 1.54) is 0 Å². The third kappa shape index (κ3) is 3.93. The van der Waals surface area contributed by atoms with E-state index in [9.17, 15) is 4.79 Å². The zero-order chi connectivity index (χ0) is 18.8. The molecule has 1 aliphatic heterocycles. The Labute approximate surface area is 160 Å². The number of fused-ring (bicyclic) bond motifs is 1. The number of ketones is 1. The number of allylic oxidation sites excluding steroid dienone is 1. The number of nitrogens with zero attached hydrogens (tertiary/aromatic N) is 4. The minimum absolute atomic E-state index is 0.168. The molecule has 0 N–H and O–H groups in total. The Hall–Kier alpha value is -2.53. The highest BCUT2D eigenvalue weighted by atomic mass is 16.1. The number of carbonyl (C=O) groups is 1. The molecule has 1 fully saturated rings. The van der Waals surface area contributed by atoms with Gasteiger partial charge in [0.1, 0.15) is 0 Å². The van der Waals surface area contributed by atoms with Gasteiger partial charge in [0.05, 0.1) is 17.0 Å². The normalized spacial score (nSPS) is 20.9. The Morgan fingerprint density at radius 1 is 1.04 bits per heavy atom. The van der Waals surface area contributed by atoms with E-state index in [1.807, 2.05) is 25.1 Å². The van der Waals surface area contributed by atoms with Crippen LogP contribution in [-0.2, 0) is 6.42 Å². The van der Waals surface area contributed by atoms with Gasteiger partial charge in [0.25, 0.3) is 0 Å². The minimum Gasteiger partial charge on any atom is -0.338 e. The number of Topliss-reactive ketones (excluding diaryl/α,β-unsaturated/α-hetero) is 1. The maximum atomic E-state index is 12.7. The number of hydrogen-bond acceptors (Lipinski definition) is 5. The van der Waals surface area contributed by atoms with Crippen molar-refractivity contribution in [3.63, 3.8) is 0 Å². The molecule has 1 saturated heterocycles. The summed E-state index contributed by atoms with van der Waals surface area (Å²) < 4.78 is 0. The zero-order valence-corrected chi connectivity index (χ0v) is 16.1. The van der Waals surface area contributed by atoms with E-state index in [0.717, 1.165) is 61.1 Å². The number of anilines is 1. The van der Waals surface area contributed by atoms with Crippen molar-refractivity contribution >= 4 is 17.8 Å². The lowest BCUT2D eigenvalue weighted by Crippen LogP contribution is -2.45. The molecule has 0 amide bonds. The van der Waals surface area contributed by atoms with Crippen molar-refractivity contribution in [3.05, 3.63) is 58.9 Å². The lowest BCUT2D eigenvalue weighted by molar-refractivity contribution is 0.0956. The average molecular weight is 362 g/mol. The molecule has 0 spiro atoms. The molecule has 1 atom stereocenters. The maximum absolute atomic E-state index is 12.7. The Bertz CT molecular complexity index is 854. The van der Waals surface area contributed by atoms with Gasteiger partial charge in [0.15, 0.2) is 5.78 Å². The van der Waals surface area contributed by atoms with Crippen LogP contribution in [0, 0.1) is 12.8 Å². The molecule has 5 nitrogen and oxygen atoms in total. The van der Waals surface area contributed by atoms with Gasteiger partial charge in [-0.05, 0) is 31.9 Å². The molecule has 2 aliphatic rings. The van der Waals surface area contributed by atoms with E-state index >= 15 is 0 Å². The standard InChI is InChI=1S/C22H26N4O/c1-16-21-19(24-22(23-16)26-12-10-25(2)11-13-26)14-18(15-20(21)27)9-8-17-6-4-3-5-7-17/h3-9,18H,10-15H2,1-2H3/b9-8+. The molecule has 2 heterocycles. The van der Waals surface area contributed by atoms with Crippen molar-refractivity contribution in [2.45, 2.75) is 19.8 Å². The highest BCUT2D eigenvalue weighted by Gasteiger charge is 2.29.